The number of rotatable bonds is 15. The fourth-order valence-corrected chi connectivity index (χ4v) is 2.35. The Labute approximate surface area is 126 Å². The minimum Gasteiger partial charge on any atom is -0.466 e. The second-order valence-electron chi connectivity index (χ2n) is 5.86. The van der Waals surface area contributed by atoms with Gasteiger partial charge in [0.25, 0.3) is 0 Å². The SMILES string of the molecule is CCCCCCCCCCCCCOC(=O)CCCC. The summed E-state index contributed by atoms with van der Waals surface area (Å²) < 4.78 is 5.19. The smallest absolute Gasteiger partial charge is 0.305 e. The highest BCUT2D eigenvalue weighted by Gasteiger charge is 2.00. The Morgan fingerprint density at radius 2 is 1.10 bits per heavy atom. The molecule has 0 spiro atoms. The average molecular weight is 284 g/mol. The van der Waals surface area contributed by atoms with Crippen molar-refractivity contribution in [3.05, 3.63) is 0 Å². The number of carbonyl (C=O) groups is 1. The van der Waals surface area contributed by atoms with E-state index in [1.165, 1.54) is 64.2 Å². The predicted octanol–water partition coefficient (Wildman–Crippen LogP) is 6.03. The quantitative estimate of drug-likeness (QED) is 0.271. The number of hydrogen-bond donors (Lipinski definition) is 0. The van der Waals surface area contributed by atoms with Crippen LogP contribution >= 0.6 is 0 Å². The van der Waals surface area contributed by atoms with Crippen molar-refractivity contribution >= 4 is 5.97 Å². The fourth-order valence-electron chi connectivity index (χ4n) is 2.35. The van der Waals surface area contributed by atoms with Crippen LogP contribution in [0.5, 0.6) is 0 Å². The van der Waals surface area contributed by atoms with Crippen LogP contribution in [0.2, 0.25) is 0 Å². The molecule has 0 aromatic carbocycles. The third-order valence-electron chi connectivity index (χ3n) is 3.75. The summed E-state index contributed by atoms with van der Waals surface area (Å²) in [6.07, 6.45) is 17.2. The van der Waals surface area contributed by atoms with E-state index < -0.39 is 0 Å². The maximum absolute atomic E-state index is 11.3. The van der Waals surface area contributed by atoms with E-state index in [1.807, 2.05) is 0 Å². The van der Waals surface area contributed by atoms with Crippen molar-refractivity contribution in [2.24, 2.45) is 0 Å². The van der Waals surface area contributed by atoms with Crippen molar-refractivity contribution in [1.29, 1.82) is 0 Å². The monoisotopic (exact) mass is 284 g/mol. The van der Waals surface area contributed by atoms with E-state index in [1.54, 1.807) is 0 Å². The van der Waals surface area contributed by atoms with Gasteiger partial charge in [-0.2, -0.15) is 0 Å². The summed E-state index contributed by atoms with van der Waals surface area (Å²) in [6, 6.07) is 0. The van der Waals surface area contributed by atoms with Gasteiger partial charge in [0, 0.05) is 6.42 Å². The first-order chi connectivity index (χ1) is 9.81. The highest BCUT2D eigenvalue weighted by atomic mass is 16.5. The Morgan fingerprint density at radius 1 is 0.650 bits per heavy atom. The Kier molecular flexibility index (Phi) is 16.1. The maximum Gasteiger partial charge on any atom is 0.305 e. The lowest BCUT2D eigenvalue weighted by Crippen LogP contribution is -2.05. The minimum absolute atomic E-state index is 0.0149. The summed E-state index contributed by atoms with van der Waals surface area (Å²) in [5.41, 5.74) is 0. The van der Waals surface area contributed by atoms with E-state index in [4.69, 9.17) is 4.74 Å². The molecular weight excluding hydrogens is 248 g/mol. The van der Waals surface area contributed by atoms with E-state index in [0.29, 0.717) is 13.0 Å². The van der Waals surface area contributed by atoms with Crippen molar-refractivity contribution in [2.75, 3.05) is 6.61 Å². The second-order valence-corrected chi connectivity index (χ2v) is 5.86. The van der Waals surface area contributed by atoms with Crippen LogP contribution < -0.4 is 0 Å². The van der Waals surface area contributed by atoms with E-state index in [0.717, 1.165) is 19.3 Å². The van der Waals surface area contributed by atoms with E-state index in [9.17, 15) is 4.79 Å². The number of ether oxygens (including phenoxy) is 1. The van der Waals surface area contributed by atoms with E-state index >= 15 is 0 Å². The second kappa shape index (κ2) is 16.5. The Hall–Kier alpha value is -0.530. The van der Waals surface area contributed by atoms with Crippen LogP contribution in [0.3, 0.4) is 0 Å². The summed E-state index contributed by atoms with van der Waals surface area (Å²) in [5, 5.41) is 0. The van der Waals surface area contributed by atoms with E-state index in [-0.39, 0.29) is 5.97 Å². The van der Waals surface area contributed by atoms with Gasteiger partial charge in [-0.25, -0.2) is 0 Å². The van der Waals surface area contributed by atoms with Gasteiger partial charge in [0.05, 0.1) is 6.61 Å². The fraction of sp³-hybridized carbons (Fsp3) is 0.944. The maximum atomic E-state index is 11.3. The van der Waals surface area contributed by atoms with Crippen LogP contribution in [0.15, 0.2) is 0 Å². The molecule has 0 aliphatic rings. The minimum atomic E-state index is -0.0149. The molecule has 0 N–H and O–H groups in total. The summed E-state index contributed by atoms with van der Waals surface area (Å²) in [5.74, 6) is -0.0149. The van der Waals surface area contributed by atoms with Crippen LogP contribution in [-0.2, 0) is 9.53 Å². The summed E-state index contributed by atoms with van der Waals surface area (Å²) in [7, 11) is 0. The molecule has 0 fully saturated rings. The first-order valence-corrected chi connectivity index (χ1v) is 8.96. The lowest BCUT2D eigenvalue weighted by atomic mass is 10.1. The molecule has 20 heavy (non-hydrogen) atoms. The number of unbranched alkanes of at least 4 members (excludes halogenated alkanes) is 11. The highest BCUT2D eigenvalue weighted by Crippen LogP contribution is 2.11. The van der Waals surface area contributed by atoms with Gasteiger partial charge in [-0.1, -0.05) is 84.5 Å². The van der Waals surface area contributed by atoms with Gasteiger partial charge in [0.15, 0.2) is 0 Å². The van der Waals surface area contributed by atoms with E-state index in [2.05, 4.69) is 13.8 Å². The van der Waals surface area contributed by atoms with Crippen LogP contribution in [0, 0.1) is 0 Å². The molecule has 0 rings (SSSR count). The molecule has 0 saturated heterocycles. The molecule has 0 saturated carbocycles. The molecule has 0 aliphatic carbocycles. The molecule has 0 aromatic heterocycles. The van der Waals surface area contributed by atoms with Gasteiger partial charge in [0.2, 0.25) is 0 Å². The lowest BCUT2D eigenvalue weighted by Gasteiger charge is -2.04. The van der Waals surface area contributed by atoms with Gasteiger partial charge in [-0.3, -0.25) is 4.79 Å². The van der Waals surface area contributed by atoms with Crippen molar-refractivity contribution in [3.8, 4) is 0 Å². The van der Waals surface area contributed by atoms with Crippen molar-refractivity contribution in [2.45, 2.75) is 104 Å². The molecule has 120 valence electrons. The molecule has 0 bridgehead atoms. The van der Waals surface area contributed by atoms with Crippen LogP contribution in [0.1, 0.15) is 104 Å². The van der Waals surface area contributed by atoms with Crippen molar-refractivity contribution < 1.29 is 9.53 Å². The molecule has 2 nitrogen and oxygen atoms in total. The molecule has 0 radical (unpaired) electrons. The number of carbonyl (C=O) groups excluding carboxylic acids is 1. The molecule has 2 heteroatoms. The summed E-state index contributed by atoms with van der Waals surface area (Å²) in [4.78, 5) is 11.3. The molecule has 0 aromatic rings. The average Bonchev–Trinajstić information content (AvgIpc) is 2.46. The number of esters is 1. The van der Waals surface area contributed by atoms with Gasteiger partial charge < -0.3 is 4.74 Å². The summed E-state index contributed by atoms with van der Waals surface area (Å²) >= 11 is 0. The third kappa shape index (κ3) is 15.5. The first-order valence-electron chi connectivity index (χ1n) is 8.96. The summed E-state index contributed by atoms with van der Waals surface area (Å²) in [6.45, 7) is 4.98. The normalized spacial score (nSPS) is 10.7. The largest absolute Gasteiger partial charge is 0.466 e. The van der Waals surface area contributed by atoms with Crippen molar-refractivity contribution in [3.63, 3.8) is 0 Å². The van der Waals surface area contributed by atoms with Gasteiger partial charge in [0.1, 0.15) is 0 Å². The van der Waals surface area contributed by atoms with Gasteiger partial charge >= 0.3 is 5.97 Å². The zero-order valence-corrected chi connectivity index (χ0v) is 13.9. The van der Waals surface area contributed by atoms with Gasteiger partial charge in [-0.05, 0) is 12.8 Å². The third-order valence-corrected chi connectivity index (χ3v) is 3.75. The van der Waals surface area contributed by atoms with Crippen LogP contribution in [-0.4, -0.2) is 12.6 Å². The van der Waals surface area contributed by atoms with Crippen LogP contribution in [0.25, 0.3) is 0 Å². The Bertz CT molecular complexity index is 202. The highest BCUT2D eigenvalue weighted by molar-refractivity contribution is 5.69. The Balaban J connectivity index is 3.04. The topological polar surface area (TPSA) is 26.3 Å². The standard InChI is InChI=1S/C18H36O2/c1-3-5-7-8-9-10-11-12-13-14-15-17-20-18(19)16-6-4-2/h3-17H2,1-2H3. The zero-order valence-electron chi connectivity index (χ0n) is 13.9. The molecular formula is C18H36O2. The molecule has 0 amide bonds. The zero-order chi connectivity index (χ0) is 14.9. The molecule has 0 atom stereocenters. The number of hydrogen-bond acceptors (Lipinski definition) is 2. The first kappa shape index (κ1) is 19.5. The predicted molar refractivity (Wildman–Crippen MR) is 86.9 cm³/mol. The van der Waals surface area contributed by atoms with Crippen LogP contribution in [0.4, 0.5) is 0 Å². The van der Waals surface area contributed by atoms with Gasteiger partial charge in [-0.15, -0.1) is 0 Å². The molecule has 0 aliphatic heterocycles. The molecule has 0 unspecified atom stereocenters. The van der Waals surface area contributed by atoms with Crippen molar-refractivity contribution in [1.82, 2.24) is 0 Å². The lowest BCUT2D eigenvalue weighted by molar-refractivity contribution is -0.143. The Morgan fingerprint density at radius 3 is 1.60 bits per heavy atom. The molecule has 0 heterocycles.